The van der Waals surface area contributed by atoms with Crippen molar-refractivity contribution in [1.29, 1.82) is 0 Å². The van der Waals surface area contributed by atoms with Crippen molar-refractivity contribution < 1.29 is 14.7 Å². The number of hydrogen-bond donors (Lipinski definition) is 2. The summed E-state index contributed by atoms with van der Waals surface area (Å²) in [6.07, 6.45) is 3.02. The van der Waals surface area contributed by atoms with Crippen molar-refractivity contribution in [3.63, 3.8) is 0 Å². The maximum absolute atomic E-state index is 12.2. The summed E-state index contributed by atoms with van der Waals surface area (Å²) in [5.74, 6) is -2.02. The number of aryl methyl sites for hydroxylation is 1. The quantitative estimate of drug-likeness (QED) is 0.868. The molecule has 1 heterocycles. The predicted octanol–water partition coefficient (Wildman–Crippen LogP) is 2.16. The number of rotatable bonds is 5. The predicted molar refractivity (Wildman–Crippen MR) is 82.8 cm³/mol. The lowest BCUT2D eigenvalue weighted by molar-refractivity contribution is -0.148. The van der Waals surface area contributed by atoms with Gasteiger partial charge in [-0.05, 0) is 26.7 Å². The van der Waals surface area contributed by atoms with Crippen LogP contribution in [0.15, 0.2) is 0 Å². The highest BCUT2D eigenvalue weighted by atomic mass is 35.5. The Morgan fingerprint density at radius 1 is 1.32 bits per heavy atom. The number of carboxylic acids is 1. The van der Waals surface area contributed by atoms with Crippen molar-refractivity contribution in [2.45, 2.75) is 46.1 Å². The summed E-state index contributed by atoms with van der Waals surface area (Å²) >= 11 is 6.08. The largest absolute Gasteiger partial charge is 0.481 e. The third-order valence-electron chi connectivity index (χ3n) is 4.34. The van der Waals surface area contributed by atoms with E-state index in [2.05, 4.69) is 10.4 Å². The zero-order chi connectivity index (χ0) is 16.3. The maximum Gasteiger partial charge on any atom is 0.307 e. The molecule has 1 aromatic rings. The van der Waals surface area contributed by atoms with Crippen LogP contribution in [-0.2, 0) is 16.1 Å². The minimum Gasteiger partial charge on any atom is -0.481 e. The number of nitrogens with zero attached hydrogens (tertiary/aromatic N) is 2. The second-order valence-electron chi connectivity index (χ2n) is 5.83. The Morgan fingerprint density at radius 2 is 1.95 bits per heavy atom. The lowest BCUT2D eigenvalue weighted by atomic mass is 9.79. The fourth-order valence-electron chi connectivity index (χ4n) is 3.05. The molecule has 1 fully saturated rings. The van der Waals surface area contributed by atoms with Crippen LogP contribution in [0.1, 0.15) is 37.1 Å². The van der Waals surface area contributed by atoms with E-state index in [1.807, 2.05) is 13.8 Å². The molecule has 122 valence electrons. The molecule has 1 aliphatic carbocycles. The Kier molecular flexibility index (Phi) is 5.45. The van der Waals surface area contributed by atoms with Crippen LogP contribution in [0.4, 0.5) is 0 Å². The Hall–Kier alpha value is -1.56. The first-order chi connectivity index (χ1) is 10.4. The number of amides is 1. The number of nitrogens with one attached hydrogen (secondary N) is 1. The molecular formula is C15H22ClN3O3. The van der Waals surface area contributed by atoms with Crippen molar-refractivity contribution >= 4 is 23.5 Å². The van der Waals surface area contributed by atoms with Gasteiger partial charge in [0, 0.05) is 6.54 Å². The van der Waals surface area contributed by atoms with E-state index >= 15 is 0 Å². The standard InChI is InChI=1S/C15H22ClN3O3/c1-9-13(16)10(2)19(18-9)8-7-17-14(20)11-5-3-4-6-12(11)15(21)22/h11-12H,3-8H2,1-2H3,(H,17,20)(H,21,22). The van der Waals surface area contributed by atoms with Gasteiger partial charge in [-0.2, -0.15) is 5.10 Å². The molecule has 2 unspecified atom stereocenters. The smallest absolute Gasteiger partial charge is 0.307 e. The summed E-state index contributed by atoms with van der Waals surface area (Å²) in [4.78, 5) is 23.5. The van der Waals surface area contributed by atoms with Crippen LogP contribution < -0.4 is 5.32 Å². The molecule has 6 nitrogen and oxygen atoms in total. The van der Waals surface area contributed by atoms with E-state index < -0.39 is 17.8 Å². The van der Waals surface area contributed by atoms with E-state index in [-0.39, 0.29) is 5.91 Å². The van der Waals surface area contributed by atoms with Gasteiger partial charge in [0.2, 0.25) is 5.91 Å². The fourth-order valence-corrected chi connectivity index (χ4v) is 3.18. The fraction of sp³-hybridized carbons (Fsp3) is 0.667. The zero-order valence-corrected chi connectivity index (χ0v) is 13.7. The molecule has 0 aromatic carbocycles. The van der Waals surface area contributed by atoms with Gasteiger partial charge in [-0.3, -0.25) is 14.3 Å². The highest BCUT2D eigenvalue weighted by Gasteiger charge is 2.35. The molecule has 0 aliphatic heterocycles. The molecule has 2 rings (SSSR count). The maximum atomic E-state index is 12.2. The molecule has 1 amide bonds. The van der Waals surface area contributed by atoms with E-state index in [9.17, 15) is 14.7 Å². The van der Waals surface area contributed by atoms with Crippen LogP contribution in [0.5, 0.6) is 0 Å². The van der Waals surface area contributed by atoms with Gasteiger partial charge >= 0.3 is 5.97 Å². The van der Waals surface area contributed by atoms with Crippen LogP contribution in [0.25, 0.3) is 0 Å². The summed E-state index contributed by atoms with van der Waals surface area (Å²) in [6, 6.07) is 0. The lowest BCUT2D eigenvalue weighted by Crippen LogP contribution is -2.40. The number of aliphatic carboxylic acids is 1. The monoisotopic (exact) mass is 327 g/mol. The second-order valence-corrected chi connectivity index (χ2v) is 6.21. The van der Waals surface area contributed by atoms with Crippen LogP contribution >= 0.6 is 11.6 Å². The first-order valence-electron chi connectivity index (χ1n) is 7.62. The summed E-state index contributed by atoms with van der Waals surface area (Å²) in [6.45, 7) is 4.66. The van der Waals surface area contributed by atoms with Gasteiger partial charge < -0.3 is 10.4 Å². The van der Waals surface area contributed by atoms with Gasteiger partial charge in [0.05, 0.1) is 34.8 Å². The first-order valence-corrected chi connectivity index (χ1v) is 7.99. The lowest BCUT2D eigenvalue weighted by Gasteiger charge is -2.27. The molecule has 0 saturated heterocycles. The Balaban J connectivity index is 1.89. The van der Waals surface area contributed by atoms with Gasteiger partial charge in [-0.1, -0.05) is 24.4 Å². The van der Waals surface area contributed by atoms with Crippen molar-refractivity contribution in [1.82, 2.24) is 15.1 Å². The van der Waals surface area contributed by atoms with Crippen LogP contribution in [0.3, 0.4) is 0 Å². The minimum atomic E-state index is -0.870. The van der Waals surface area contributed by atoms with E-state index in [4.69, 9.17) is 11.6 Å². The van der Waals surface area contributed by atoms with Crippen molar-refractivity contribution in [2.75, 3.05) is 6.54 Å². The van der Waals surface area contributed by atoms with Crippen LogP contribution in [-0.4, -0.2) is 33.3 Å². The summed E-state index contributed by atoms with van der Waals surface area (Å²) in [5.41, 5.74) is 1.64. The highest BCUT2D eigenvalue weighted by Crippen LogP contribution is 2.30. The van der Waals surface area contributed by atoms with Gasteiger partial charge in [-0.15, -0.1) is 0 Å². The molecule has 0 bridgehead atoms. The minimum absolute atomic E-state index is 0.167. The highest BCUT2D eigenvalue weighted by molar-refractivity contribution is 6.31. The Bertz CT molecular complexity index is 571. The molecule has 2 atom stereocenters. The van der Waals surface area contributed by atoms with Gasteiger partial charge in [-0.25, -0.2) is 0 Å². The number of aromatic nitrogens is 2. The van der Waals surface area contributed by atoms with E-state index in [0.717, 1.165) is 24.2 Å². The van der Waals surface area contributed by atoms with Crippen LogP contribution in [0.2, 0.25) is 5.02 Å². The molecule has 1 aliphatic rings. The second kappa shape index (κ2) is 7.13. The van der Waals surface area contributed by atoms with Gasteiger partial charge in [0.1, 0.15) is 0 Å². The van der Waals surface area contributed by atoms with Crippen LogP contribution in [0, 0.1) is 25.7 Å². The molecule has 1 saturated carbocycles. The van der Waals surface area contributed by atoms with Gasteiger partial charge in [0.15, 0.2) is 0 Å². The Morgan fingerprint density at radius 3 is 2.50 bits per heavy atom. The van der Waals surface area contributed by atoms with E-state index in [0.29, 0.717) is 31.0 Å². The molecule has 0 radical (unpaired) electrons. The van der Waals surface area contributed by atoms with Crippen molar-refractivity contribution in [3.05, 3.63) is 16.4 Å². The third kappa shape index (κ3) is 3.61. The molecular weight excluding hydrogens is 306 g/mol. The van der Waals surface area contributed by atoms with E-state index in [1.54, 1.807) is 4.68 Å². The molecule has 2 N–H and O–H groups in total. The van der Waals surface area contributed by atoms with E-state index in [1.165, 1.54) is 0 Å². The Labute approximate surface area is 134 Å². The average Bonchev–Trinajstić information content (AvgIpc) is 2.74. The molecule has 22 heavy (non-hydrogen) atoms. The SMILES string of the molecule is Cc1nn(CCNC(=O)C2CCCCC2C(=O)O)c(C)c1Cl. The van der Waals surface area contributed by atoms with Crippen molar-refractivity contribution in [2.24, 2.45) is 11.8 Å². The molecule has 7 heteroatoms. The van der Waals surface area contributed by atoms with Crippen molar-refractivity contribution in [3.8, 4) is 0 Å². The molecule has 0 spiro atoms. The average molecular weight is 328 g/mol. The molecule has 1 aromatic heterocycles. The first kappa shape index (κ1) is 16.8. The number of carbonyl (C=O) groups is 2. The number of hydrogen-bond acceptors (Lipinski definition) is 3. The number of halogens is 1. The summed E-state index contributed by atoms with van der Waals surface area (Å²) in [7, 11) is 0. The summed E-state index contributed by atoms with van der Waals surface area (Å²) in [5, 5.41) is 17.0. The normalized spacial score (nSPS) is 21.6. The zero-order valence-electron chi connectivity index (χ0n) is 12.9. The number of carboxylic acid groups (broad SMARTS) is 1. The summed E-state index contributed by atoms with van der Waals surface area (Å²) < 4.78 is 1.76. The van der Waals surface area contributed by atoms with Gasteiger partial charge in [0.25, 0.3) is 0 Å². The number of carbonyl (C=O) groups excluding carboxylic acids is 1. The topological polar surface area (TPSA) is 84.2 Å². The third-order valence-corrected chi connectivity index (χ3v) is 4.88.